The first-order valence-electron chi connectivity index (χ1n) is 8.41. The van der Waals surface area contributed by atoms with E-state index >= 15 is 0 Å². The first-order valence-corrected chi connectivity index (χ1v) is 8.41. The maximum Gasteiger partial charge on any atom is 0.337 e. The highest BCUT2D eigenvalue weighted by Gasteiger charge is 2.15. The molecule has 0 atom stereocenters. The molecule has 1 heterocycles. The smallest absolute Gasteiger partial charge is 0.337 e. The average Bonchev–Trinajstić information content (AvgIpc) is 2.68. The zero-order valence-electron chi connectivity index (χ0n) is 15.4. The van der Waals surface area contributed by atoms with Gasteiger partial charge in [-0.15, -0.1) is 0 Å². The number of carbonyl (C=O) groups is 1. The summed E-state index contributed by atoms with van der Waals surface area (Å²) in [4.78, 5) is 16.1. The number of aromatic nitrogens is 1. The molecule has 0 aliphatic heterocycles. The Balaban J connectivity index is 2.17. The zero-order chi connectivity index (χ0) is 19.6. The van der Waals surface area contributed by atoms with Crippen molar-refractivity contribution in [2.75, 3.05) is 12.8 Å². The fourth-order valence-corrected chi connectivity index (χ4v) is 2.96. The van der Waals surface area contributed by atoms with Gasteiger partial charge in [-0.1, -0.05) is 29.8 Å². The van der Waals surface area contributed by atoms with Crippen LogP contribution in [-0.4, -0.2) is 18.1 Å². The SMILES string of the molecule is COC(=O)c1ccc(-c2cc(-c3cc(C)ccc3C)nc(N)c2C#N)cc1. The van der Waals surface area contributed by atoms with Crippen LogP contribution in [0.15, 0.2) is 48.5 Å². The second-order valence-corrected chi connectivity index (χ2v) is 6.31. The van der Waals surface area contributed by atoms with Gasteiger partial charge in [0.2, 0.25) is 0 Å². The minimum Gasteiger partial charge on any atom is -0.465 e. The molecule has 5 nitrogen and oxygen atoms in total. The van der Waals surface area contributed by atoms with Crippen molar-refractivity contribution in [2.24, 2.45) is 0 Å². The Hall–Kier alpha value is -3.65. The maximum absolute atomic E-state index is 11.6. The molecule has 0 saturated carbocycles. The van der Waals surface area contributed by atoms with Crippen molar-refractivity contribution < 1.29 is 9.53 Å². The lowest BCUT2D eigenvalue weighted by Gasteiger charge is -2.12. The highest BCUT2D eigenvalue weighted by molar-refractivity contribution is 5.90. The van der Waals surface area contributed by atoms with E-state index < -0.39 is 5.97 Å². The molecule has 0 saturated heterocycles. The van der Waals surface area contributed by atoms with Crippen LogP contribution in [0.1, 0.15) is 27.0 Å². The van der Waals surface area contributed by atoms with Gasteiger partial charge in [0.25, 0.3) is 0 Å². The van der Waals surface area contributed by atoms with Gasteiger partial charge in [0, 0.05) is 11.1 Å². The number of nitrogen functional groups attached to an aromatic ring is 1. The molecule has 0 fully saturated rings. The van der Waals surface area contributed by atoms with Gasteiger partial charge < -0.3 is 10.5 Å². The molecule has 5 heteroatoms. The zero-order valence-corrected chi connectivity index (χ0v) is 15.4. The van der Waals surface area contributed by atoms with Crippen LogP contribution in [0.4, 0.5) is 5.82 Å². The predicted molar refractivity (Wildman–Crippen MR) is 105 cm³/mol. The topological polar surface area (TPSA) is 89.0 Å². The molecule has 0 bridgehead atoms. The molecule has 0 radical (unpaired) electrons. The lowest BCUT2D eigenvalue weighted by Crippen LogP contribution is -2.02. The molecule has 134 valence electrons. The lowest BCUT2D eigenvalue weighted by atomic mass is 9.95. The predicted octanol–water partition coefficient (Wildman–Crippen LogP) is 4.27. The average molecular weight is 357 g/mol. The van der Waals surface area contributed by atoms with Crippen molar-refractivity contribution in [2.45, 2.75) is 13.8 Å². The van der Waals surface area contributed by atoms with E-state index in [0.29, 0.717) is 22.4 Å². The Bertz CT molecular complexity index is 1060. The normalized spacial score (nSPS) is 10.3. The molecule has 27 heavy (non-hydrogen) atoms. The first kappa shape index (κ1) is 18.2. The Kier molecular flexibility index (Phi) is 4.91. The molecule has 3 aromatic rings. The Morgan fingerprint density at radius 2 is 1.78 bits per heavy atom. The number of ether oxygens (including phenoxy) is 1. The standard InChI is InChI=1S/C22H19N3O2/c1-13-4-5-14(2)17(10-13)20-11-18(19(12-23)21(24)25-20)15-6-8-16(9-7-15)22(26)27-3/h4-11H,1-3H3,(H2,24,25). The summed E-state index contributed by atoms with van der Waals surface area (Å²) in [5.74, 6) is -0.227. The molecule has 0 unspecified atom stereocenters. The molecule has 0 aliphatic carbocycles. The summed E-state index contributed by atoms with van der Waals surface area (Å²) in [6.45, 7) is 4.03. The summed E-state index contributed by atoms with van der Waals surface area (Å²) >= 11 is 0. The molecular weight excluding hydrogens is 338 g/mol. The van der Waals surface area contributed by atoms with Gasteiger partial charge in [-0.2, -0.15) is 5.26 Å². The first-order chi connectivity index (χ1) is 12.9. The second-order valence-electron chi connectivity index (χ2n) is 6.31. The van der Waals surface area contributed by atoms with Crippen LogP contribution in [0.2, 0.25) is 0 Å². The summed E-state index contributed by atoms with van der Waals surface area (Å²) in [5, 5.41) is 9.56. The highest BCUT2D eigenvalue weighted by atomic mass is 16.5. The Labute approximate surface area is 158 Å². The van der Waals surface area contributed by atoms with Crippen LogP contribution >= 0.6 is 0 Å². The maximum atomic E-state index is 11.6. The van der Waals surface area contributed by atoms with Crippen molar-refractivity contribution in [3.05, 3.63) is 70.8 Å². The van der Waals surface area contributed by atoms with Gasteiger partial charge in [0.1, 0.15) is 17.5 Å². The Morgan fingerprint density at radius 3 is 2.41 bits per heavy atom. The van der Waals surface area contributed by atoms with E-state index in [-0.39, 0.29) is 5.82 Å². The third-order valence-electron chi connectivity index (χ3n) is 4.45. The summed E-state index contributed by atoms with van der Waals surface area (Å²) in [7, 11) is 1.34. The van der Waals surface area contributed by atoms with Crippen molar-refractivity contribution in [1.29, 1.82) is 5.26 Å². The summed E-state index contributed by atoms with van der Waals surface area (Å²) < 4.78 is 4.73. The van der Waals surface area contributed by atoms with Crippen LogP contribution in [-0.2, 0) is 4.74 Å². The van der Waals surface area contributed by atoms with E-state index in [9.17, 15) is 10.1 Å². The van der Waals surface area contributed by atoms with Crippen LogP contribution in [0.25, 0.3) is 22.4 Å². The number of hydrogen-bond donors (Lipinski definition) is 1. The van der Waals surface area contributed by atoms with Crippen LogP contribution in [0, 0.1) is 25.2 Å². The molecule has 0 spiro atoms. The second kappa shape index (κ2) is 7.30. The number of methoxy groups -OCH3 is 1. The van der Waals surface area contributed by atoms with Crippen LogP contribution in [0.5, 0.6) is 0 Å². The minimum absolute atomic E-state index is 0.183. The van der Waals surface area contributed by atoms with E-state index in [1.165, 1.54) is 7.11 Å². The summed E-state index contributed by atoms with van der Waals surface area (Å²) in [6, 6.07) is 17.0. The number of pyridine rings is 1. The van der Waals surface area contributed by atoms with Gasteiger partial charge in [-0.05, 0) is 49.2 Å². The molecule has 0 amide bonds. The monoisotopic (exact) mass is 357 g/mol. The fraction of sp³-hybridized carbons (Fsp3) is 0.136. The molecule has 0 aliphatic rings. The van der Waals surface area contributed by atoms with Gasteiger partial charge in [0.15, 0.2) is 0 Å². The van der Waals surface area contributed by atoms with Crippen molar-refractivity contribution in [3.63, 3.8) is 0 Å². The summed E-state index contributed by atoms with van der Waals surface area (Å²) in [6.07, 6.45) is 0. The molecule has 2 aromatic carbocycles. The number of carbonyl (C=O) groups excluding carboxylic acids is 1. The van der Waals surface area contributed by atoms with Crippen LogP contribution in [0.3, 0.4) is 0 Å². The molecular formula is C22H19N3O2. The van der Waals surface area contributed by atoms with E-state index in [0.717, 1.165) is 22.3 Å². The van der Waals surface area contributed by atoms with Gasteiger partial charge in [-0.25, -0.2) is 9.78 Å². The van der Waals surface area contributed by atoms with E-state index in [1.54, 1.807) is 24.3 Å². The number of rotatable bonds is 3. The third-order valence-corrected chi connectivity index (χ3v) is 4.45. The third kappa shape index (κ3) is 3.51. The molecule has 2 N–H and O–H groups in total. The van der Waals surface area contributed by atoms with Crippen LogP contribution < -0.4 is 5.73 Å². The van der Waals surface area contributed by atoms with Crippen molar-refractivity contribution in [1.82, 2.24) is 4.98 Å². The fourth-order valence-electron chi connectivity index (χ4n) is 2.96. The number of anilines is 1. The largest absolute Gasteiger partial charge is 0.465 e. The number of aryl methyl sites for hydroxylation is 2. The number of nitrogens with two attached hydrogens (primary N) is 1. The number of hydrogen-bond acceptors (Lipinski definition) is 5. The van der Waals surface area contributed by atoms with Crippen molar-refractivity contribution in [3.8, 4) is 28.5 Å². The number of nitrogens with zero attached hydrogens (tertiary/aromatic N) is 2. The van der Waals surface area contributed by atoms with Gasteiger partial charge in [-0.3, -0.25) is 0 Å². The van der Waals surface area contributed by atoms with E-state index in [4.69, 9.17) is 10.5 Å². The minimum atomic E-state index is -0.410. The number of benzene rings is 2. The lowest BCUT2D eigenvalue weighted by molar-refractivity contribution is 0.0601. The quantitative estimate of drug-likeness (QED) is 0.707. The van der Waals surface area contributed by atoms with Gasteiger partial charge >= 0.3 is 5.97 Å². The number of esters is 1. The molecule has 1 aromatic heterocycles. The number of nitriles is 1. The highest BCUT2D eigenvalue weighted by Crippen LogP contribution is 2.32. The van der Waals surface area contributed by atoms with E-state index in [1.807, 2.05) is 38.1 Å². The van der Waals surface area contributed by atoms with E-state index in [2.05, 4.69) is 11.1 Å². The summed E-state index contributed by atoms with van der Waals surface area (Å²) in [5.41, 5.74) is 12.2. The Morgan fingerprint density at radius 1 is 1.07 bits per heavy atom. The van der Waals surface area contributed by atoms with Crippen molar-refractivity contribution >= 4 is 11.8 Å². The van der Waals surface area contributed by atoms with Gasteiger partial charge in [0.05, 0.1) is 18.4 Å². The molecule has 3 rings (SSSR count).